The first-order valence-corrected chi connectivity index (χ1v) is 9.91. The van der Waals surface area contributed by atoms with E-state index in [2.05, 4.69) is 21.0 Å². The number of imide groups is 1. The second-order valence-electron chi connectivity index (χ2n) is 6.85. The SMILES string of the molecule is COc1ccc(CN2C(=O)CCC(n3ncc4ccc(Br)cc4c3=O)C2=O)cc1. The van der Waals surface area contributed by atoms with Gasteiger partial charge < -0.3 is 4.74 Å². The second kappa shape index (κ2) is 7.79. The number of nitrogens with zero attached hydrogens (tertiary/aromatic N) is 3. The largest absolute Gasteiger partial charge is 0.497 e. The van der Waals surface area contributed by atoms with Gasteiger partial charge in [0.1, 0.15) is 11.8 Å². The predicted molar refractivity (Wildman–Crippen MR) is 111 cm³/mol. The van der Waals surface area contributed by atoms with Gasteiger partial charge in [0.05, 0.1) is 25.2 Å². The third kappa shape index (κ3) is 3.67. The second-order valence-corrected chi connectivity index (χ2v) is 7.76. The van der Waals surface area contributed by atoms with Crippen molar-refractivity contribution in [2.24, 2.45) is 0 Å². The molecule has 1 fully saturated rings. The minimum atomic E-state index is -0.804. The molecule has 2 heterocycles. The summed E-state index contributed by atoms with van der Waals surface area (Å²) in [4.78, 5) is 39.7. The summed E-state index contributed by atoms with van der Waals surface area (Å²) < 4.78 is 7.10. The van der Waals surface area contributed by atoms with Crippen LogP contribution >= 0.6 is 15.9 Å². The molecule has 1 atom stereocenters. The van der Waals surface area contributed by atoms with E-state index in [9.17, 15) is 14.4 Å². The van der Waals surface area contributed by atoms with Gasteiger partial charge in [-0.2, -0.15) is 5.10 Å². The number of carbonyl (C=O) groups is 2. The van der Waals surface area contributed by atoms with E-state index in [1.54, 1.807) is 49.7 Å². The Morgan fingerprint density at radius 3 is 2.62 bits per heavy atom. The first-order chi connectivity index (χ1) is 14.0. The molecular formula is C21H18BrN3O4. The van der Waals surface area contributed by atoms with E-state index >= 15 is 0 Å². The molecule has 2 amide bonds. The van der Waals surface area contributed by atoms with Crippen LogP contribution in [0.3, 0.4) is 0 Å². The minimum Gasteiger partial charge on any atom is -0.497 e. The molecule has 1 unspecified atom stereocenters. The molecule has 0 spiro atoms. The van der Waals surface area contributed by atoms with E-state index in [0.717, 1.165) is 10.0 Å². The van der Waals surface area contributed by atoms with Crippen molar-refractivity contribution < 1.29 is 14.3 Å². The fraction of sp³-hybridized carbons (Fsp3) is 0.238. The van der Waals surface area contributed by atoms with Gasteiger partial charge >= 0.3 is 0 Å². The van der Waals surface area contributed by atoms with Gasteiger partial charge in [-0.15, -0.1) is 0 Å². The van der Waals surface area contributed by atoms with Gasteiger partial charge in [-0.3, -0.25) is 19.3 Å². The van der Waals surface area contributed by atoms with Gasteiger partial charge in [-0.25, -0.2) is 4.68 Å². The lowest BCUT2D eigenvalue weighted by Gasteiger charge is -2.31. The molecule has 0 saturated carbocycles. The molecular weight excluding hydrogens is 438 g/mol. The normalized spacial score (nSPS) is 17.0. The number of aromatic nitrogens is 2. The number of fused-ring (bicyclic) bond motifs is 1. The molecule has 1 aliphatic rings. The molecule has 29 heavy (non-hydrogen) atoms. The molecule has 8 heteroatoms. The van der Waals surface area contributed by atoms with Crippen LogP contribution in [0.25, 0.3) is 10.8 Å². The third-order valence-electron chi connectivity index (χ3n) is 5.05. The van der Waals surface area contributed by atoms with Crippen molar-refractivity contribution in [1.82, 2.24) is 14.7 Å². The highest BCUT2D eigenvalue weighted by Crippen LogP contribution is 2.25. The number of methoxy groups -OCH3 is 1. The average molecular weight is 456 g/mol. The quantitative estimate of drug-likeness (QED) is 0.564. The van der Waals surface area contributed by atoms with Gasteiger partial charge in [-0.1, -0.05) is 34.1 Å². The molecule has 2 aromatic carbocycles. The maximum atomic E-state index is 13.1. The van der Waals surface area contributed by atoms with Crippen LogP contribution in [0.4, 0.5) is 0 Å². The van der Waals surface area contributed by atoms with Gasteiger partial charge in [-0.05, 0) is 36.2 Å². The Bertz CT molecular complexity index is 1160. The van der Waals surface area contributed by atoms with E-state index in [1.807, 2.05) is 6.07 Å². The van der Waals surface area contributed by atoms with E-state index < -0.39 is 11.9 Å². The lowest BCUT2D eigenvalue weighted by molar-refractivity contribution is -0.152. The maximum absolute atomic E-state index is 13.1. The van der Waals surface area contributed by atoms with Gasteiger partial charge in [0, 0.05) is 16.3 Å². The van der Waals surface area contributed by atoms with Crippen LogP contribution < -0.4 is 10.3 Å². The molecule has 1 aliphatic heterocycles. The summed E-state index contributed by atoms with van der Waals surface area (Å²) in [5.41, 5.74) is 0.455. The highest BCUT2D eigenvalue weighted by Gasteiger charge is 2.36. The van der Waals surface area contributed by atoms with Gasteiger partial charge in [0.2, 0.25) is 5.91 Å². The molecule has 0 bridgehead atoms. The monoisotopic (exact) mass is 455 g/mol. The molecule has 148 valence electrons. The molecule has 0 aliphatic carbocycles. The van der Waals surface area contributed by atoms with Crippen LogP contribution in [0.5, 0.6) is 5.75 Å². The standard InChI is InChI=1S/C21H18BrN3O4/c1-29-16-6-2-13(3-7-16)12-24-19(26)9-8-18(21(24)28)25-20(27)17-10-15(22)5-4-14(17)11-23-25/h2-7,10-11,18H,8-9,12H2,1H3. The zero-order valence-electron chi connectivity index (χ0n) is 15.7. The minimum absolute atomic E-state index is 0.145. The summed E-state index contributed by atoms with van der Waals surface area (Å²) >= 11 is 3.37. The Balaban J connectivity index is 1.66. The first kappa shape index (κ1) is 19.3. The van der Waals surface area contributed by atoms with Crippen LogP contribution in [0.15, 0.2) is 57.9 Å². The Hall–Kier alpha value is -3.00. The van der Waals surface area contributed by atoms with Gasteiger partial charge in [0.25, 0.3) is 11.5 Å². The molecule has 0 radical (unpaired) electrons. The highest BCUT2D eigenvalue weighted by atomic mass is 79.9. The molecule has 0 N–H and O–H groups in total. The Kier molecular flexibility index (Phi) is 5.19. The summed E-state index contributed by atoms with van der Waals surface area (Å²) in [7, 11) is 1.57. The van der Waals surface area contributed by atoms with Crippen LogP contribution in [-0.4, -0.2) is 33.6 Å². The van der Waals surface area contributed by atoms with Crippen LogP contribution in [-0.2, 0) is 16.1 Å². The molecule has 7 nitrogen and oxygen atoms in total. The van der Waals surface area contributed by atoms with E-state index in [1.165, 1.54) is 9.58 Å². The number of hydrogen-bond donors (Lipinski definition) is 0. The molecule has 3 aromatic rings. The first-order valence-electron chi connectivity index (χ1n) is 9.12. The number of carbonyl (C=O) groups excluding carboxylic acids is 2. The Labute approximate surface area is 175 Å². The van der Waals surface area contributed by atoms with Crippen LogP contribution in [0.1, 0.15) is 24.4 Å². The lowest BCUT2D eigenvalue weighted by atomic mass is 10.0. The van der Waals surface area contributed by atoms with Crippen molar-refractivity contribution in [2.75, 3.05) is 7.11 Å². The summed E-state index contributed by atoms with van der Waals surface area (Å²) in [5, 5.41) is 5.38. The zero-order valence-corrected chi connectivity index (χ0v) is 17.3. The number of hydrogen-bond acceptors (Lipinski definition) is 5. The molecule has 4 rings (SSSR count). The summed E-state index contributed by atoms with van der Waals surface area (Å²) in [6.07, 6.45) is 2.00. The fourth-order valence-electron chi connectivity index (χ4n) is 3.48. The average Bonchev–Trinajstić information content (AvgIpc) is 2.73. The zero-order chi connectivity index (χ0) is 20.5. The number of benzene rings is 2. The van der Waals surface area contributed by atoms with Crippen LogP contribution in [0, 0.1) is 0 Å². The van der Waals surface area contributed by atoms with Crippen LogP contribution in [0.2, 0.25) is 0 Å². The topological polar surface area (TPSA) is 81.5 Å². The van der Waals surface area contributed by atoms with Crippen molar-refractivity contribution in [3.8, 4) is 5.75 Å². The number of amides is 2. The lowest BCUT2D eigenvalue weighted by Crippen LogP contribution is -2.47. The summed E-state index contributed by atoms with van der Waals surface area (Å²) in [6.45, 7) is 0.145. The maximum Gasteiger partial charge on any atom is 0.275 e. The number of likely N-dealkylation sites (tertiary alicyclic amines) is 1. The number of ether oxygens (including phenoxy) is 1. The Morgan fingerprint density at radius 1 is 1.14 bits per heavy atom. The highest BCUT2D eigenvalue weighted by molar-refractivity contribution is 9.10. The smallest absolute Gasteiger partial charge is 0.275 e. The molecule has 1 saturated heterocycles. The van der Waals surface area contributed by atoms with Crippen molar-refractivity contribution >= 4 is 38.5 Å². The van der Waals surface area contributed by atoms with E-state index in [0.29, 0.717) is 16.5 Å². The number of rotatable bonds is 4. The summed E-state index contributed by atoms with van der Waals surface area (Å²) in [6, 6.07) is 11.7. The fourth-order valence-corrected chi connectivity index (χ4v) is 3.84. The van der Waals surface area contributed by atoms with E-state index in [4.69, 9.17) is 4.74 Å². The van der Waals surface area contributed by atoms with E-state index in [-0.39, 0.29) is 30.9 Å². The predicted octanol–water partition coefficient (Wildman–Crippen LogP) is 3.06. The number of piperidine rings is 1. The number of halogens is 1. The van der Waals surface area contributed by atoms with Gasteiger partial charge in [0.15, 0.2) is 0 Å². The third-order valence-corrected chi connectivity index (χ3v) is 5.55. The molecule has 1 aromatic heterocycles. The Morgan fingerprint density at radius 2 is 1.90 bits per heavy atom. The van der Waals surface area contributed by atoms with Crippen molar-refractivity contribution in [3.63, 3.8) is 0 Å². The summed E-state index contributed by atoms with van der Waals surface area (Å²) in [5.74, 6) is 0.0284. The van der Waals surface area contributed by atoms with Crippen molar-refractivity contribution in [1.29, 1.82) is 0 Å². The van der Waals surface area contributed by atoms with Crippen molar-refractivity contribution in [2.45, 2.75) is 25.4 Å². The van der Waals surface area contributed by atoms with Crippen molar-refractivity contribution in [3.05, 3.63) is 69.1 Å².